The highest BCUT2D eigenvalue weighted by molar-refractivity contribution is 6.20. The van der Waals surface area contributed by atoms with E-state index in [9.17, 15) is 24.8 Å². The summed E-state index contributed by atoms with van der Waals surface area (Å²) >= 11 is 0. The van der Waals surface area contributed by atoms with Gasteiger partial charge in [0.05, 0.1) is 28.9 Å². The molecule has 1 aliphatic heterocycles. The second-order valence-corrected chi connectivity index (χ2v) is 7.41. The number of amides is 3. The zero-order chi connectivity index (χ0) is 23.4. The number of hydrogen-bond acceptors (Lipinski definition) is 7. The number of benzene rings is 2. The van der Waals surface area contributed by atoms with E-state index in [-0.39, 0.29) is 34.3 Å². The van der Waals surface area contributed by atoms with E-state index in [1.165, 1.54) is 31.1 Å². The molecule has 9 heteroatoms. The summed E-state index contributed by atoms with van der Waals surface area (Å²) < 4.78 is 0. The molecule has 0 aliphatic carbocycles. The van der Waals surface area contributed by atoms with Gasteiger partial charge in [-0.15, -0.1) is 0 Å². The third-order valence-electron chi connectivity index (χ3n) is 5.00. The van der Waals surface area contributed by atoms with E-state index in [0.717, 1.165) is 5.56 Å². The van der Waals surface area contributed by atoms with Gasteiger partial charge in [0, 0.05) is 14.1 Å². The van der Waals surface area contributed by atoms with E-state index >= 15 is 0 Å². The number of carbonyl (C=O) groups is 3. The molecular weight excluding hydrogens is 410 g/mol. The number of aromatic hydroxyl groups is 1. The molecule has 0 aromatic heterocycles. The maximum absolute atomic E-state index is 12.5. The summed E-state index contributed by atoms with van der Waals surface area (Å²) in [6.07, 6.45) is 0.638. The fourth-order valence-corrected chi connectivity index (χ4v) is 3.33. The lowest BCUT2D eigenvalue weighted by Crippen LogP contribution is -2.29. The second-order valence-electron chi connectivity index (χ2n) is 7.41. The van der Waals surface area contributed by atoms with Crippen molar-refractivity contribution < 1.29 is 19.5 Å². The summed E-state index contributed by atoms with van der Waals surface area (Å²) in [5, 5.41) is 28.1. The monoisotopic (exact) mass is 433 g/mol. The van der Waals surface area contributed by atoms with Gasteiger partial charge in [-0.3, -0.25) is 19.7 Å². The SMILES string of the molecule is CC[C@@H](NC1=C(Nc2cc(C#N)cc(C(=O)N(C)C)c2O)C(=O)NC1=O)c1ccccc1. The molecule has 1 atom stereocenters. The van der Waals surface area contributed by atoms with Crippen molar-refractivity contribution in [2.45, 2.75) is 19.4 Å². The van der Waals surface area contributed by atoms with Crippen LogP contribution in [0.15, 0.2) is 53.9 Å². The van der Waals surface area contributed by atoms with Crippen molar-refractivity contribution in [2.24, 2.45) is 0 Å². The highest BCUT2D eigenvalue weighted by Gasteiger charge is 2.33. The van der Waals surface area contributed by atoms with Gasteiger partial charge in [-0.05, 0) is 24.1 Å². The first-order chi connectivity index (χ1) is 15.3. The zero-order valence-corrected chi connectivity index (χ0v) is 17.9. The topological polar surface area (TPSA) is 135 Å². The molecule has 164 valence electrons. The Hall–Kier alpha value is -4.32. The molecule has 1 heterocycles. The molecule has 32 heavy (non-hydrogen) atoms. The first-order valence-electron chi connectivity index (χ1n) is 9.94. The quantitative estimate of drug-likeness (QED) is 0.387. The van der Waals surface area contributed by atoms with Gasteiger partial charge in [-0.25, -0.2) is 0 Å². The number of hydrogen-bond donors (Lipinski definition) is 4. The van der Waals surface area contributed by atoms with Crippen LogP contribution in [-0.4, -0.2) is 41.8 Å². The Bertz CT molecular complexity index is 1150. The third kappa shape index (κ3) is 4.39. The van der Waals surface area contributed by atoms with E-state index in [0.29, 0.717) is 6.42 Å². The van der Waals surface area contributed by atoms with Crippen LogP contribution < -0.4 is 16.0 Å². The molecule has 2 aromatic rings. The summed E-state index contributed by atoms with van der Waals surface area (Å²) in [5.74, 6) is -2.26. The molecule has 9 nitrogen and oxygen atoms in total. The molecule has 1 aliphatic rings. The Morgan fingerprint density at radius 1 is 1.16 bits per heavy atom. The Morgan fingerprint density at radius 2 is 1.81 bits per heavy atom. The number of carbonyl (C=O) groups excluding carboxylic acids is 3. The molecule has 0 bridgehead atoms. The number of anilines is 1. The van der Waals surface area contributed by atoms with Crippen LogP contribution in [0.1, 0.15) is 40.9 Å². The zero-order valence-electron chi connectivity index (χ0n) is 17.9. The summed E-state index contributed by atoms with van der Waals surface area (Å²) in [4.78, 5) is 38.6. The fourth-order valence-electron chi connectivity index (χ4n) is 3.33. The van der Waals surface area contributed by atoms with Crippen LogP contribution in [0.5, 0.6) is 5.75 Å². The molecule has 0 radical (unpaired) electrons. The minimum Gasteiger partial charge on any atom is -0.505 e. The highest BCUT2D eigenvalue weighted by Crippen LogP contribution is 2.32. The number of nitrogens with one attached hydrogen (secondary N) is 3. The van der Waals surface area contributed by atoms with Crippen LogP contribution in [0.3, 0.4) is 0 Å². The molecule has 0 saturated heterocycles. The standard InChI is InChI=1S/C23H23N5O4/c1-4-16(14-8-6-5-7-9-14)25-18-19(22(31)27-21(18)30)26-17-11-13(12-24)10-15(20(17)29)23(32)28(2)3/h5-11,16,29H,4H2,1-3H3,(H3,25,26,27,30,31)/t16-/m1/s1. The molecule has 0 saturated carbocycles. The van der Waals surface area contributed by atoms with Gasteiger partial charge < -0.3 is 20.6 Å². The predicted octanol–water partition coefficient (Wildman–Crippen LogP) is 1.99. The summed E-state index contributed by atoms with van der Waals surface area (Å²) in [5.41, 5.74) is 0.785. The number of nitrogens with zero attached hydrogens (tertiary/aromatic N) is 2. The number of nitriles is 1. The number of rotatable bonds is 7. The minimum atomic E-state index is -0.692. The van der Waals surface area contributed by atoms with Crippen LogP contribution in [0.25, 0.3) is 0 Å². The van der Waals surface area contributed by atoms with Crippen LogP contribution in [0.2, 0.25) is 0 Å². The van der Waals surface area contributed by atoms with Gasteiger partial charge >= 0.3 is 0 Å². The minimum absolute atomic E-state index is 0.00736. The number of phenolic OH excluding ortho intramolecular Hbond substituents is 1. The van der Waals surface area contributed by atoms with E-state index in [2.05, 4.69) is 16.0 Å². The lowest BCUT2D eigenvalue weighted by Gasteiger charge is -2.20. The number of imide groups is 1. The van der Waals surface area contributed by atoms with Crippen molar-refractivity contribution >= 4 is 23.4 Å². The maximum Gasteiger partial charge on any atom is 0.276 e. The lowest BCUT2D eigenvalue weighted by atomic mass is 10.0. The maximum atomic E-state index is 12.5. The average molecular weight is 433 g/mol. The Morgan fingerprint density at radius 3 is 2.41 bits per heavy atom. The van der Waals surface area contributed by atoms with Crippen LogP contribution in [-0.2, 0) is 9.59 Å². The molecule has 0 unspecified atom stereocenters. The Labute approximate surface area is 185 Å². The van der Waals surface area contributed by atoms with Gasteiger partial charge in [0.1, 0.15) is 11.4 Å². The largest absolute Gasteiger partial charge is 0.505 e. The van der Waals surface area contributed by atoms with Crippen molar-refractivity contribution in [1.82, 2.24) is 15.5 Å². The summed E-state index contributed by atoms with van der Waals surface area (Å²) in [7, 11) is 3.02. The van der Waals surface area contributed by atoms with Gasteiger partial charge in [-0.2, -0.15) is 5.26 Å². The van der Waals surface area contributed by atoms with Crippen molar-refractivity contribution in [2.75, 3.05) is 19.4 Å². The molecule has 3 rings (SSSR count). The first-order valence-corrected chi connectivity index (χ1v) is 9.94. The van der Waals surface area contributed by atoms with Crippen molar-refractivity contribution in [3.63, 3.8) is 0 Å². The van der Waals surface area contributed by atoms with Crippen molar-refractivity contribution in [3.8, 4) is 11.8 Å². The normalized spacial score (nSPS) is 13.9. The first kappa shape index (κ1) is 22.4. The molecule has 0 spiro atoms. The molecular formula is C23H23N5O4. The van der Waals surface area contributed by atoms with E-state index in [1.54, 1.807) is 0 Å². The number of phenols is 1. The van der Waals surface area contributed by atoms with Gasteiger partial charge in [0.25, 0.3) is 17.7 Å². The fraction of sp³-hybridized carbons (Fsp3) is 0.217. The average Bonchev–Trinajstić information content (AvgIpc) is 3.05. The van der Waals surface area contributed by atoms with Gasteiger partial charge in [0.15, 0.2) is 5.75 Å². The summed E-state index contributed by atoms with van der Waals surface area (Å²) in [6, 6.07) is 13.7. The third-order valence-corrected chi connectivity index (χ3v) is 5.00. The van der Waals surface area contributed by atoms with E-state index in [4.69, 9.17) is 0 Å². The lowest BCUT2D eigenvalue weighted by molar-refractivity contribution is -0.124. The predicted molar refractivity (Wildman–Crippen MR) is 117 cm³/mol. The molecule has 4 N–H and O–H groups in total. The van der Waals surface area contributed by atoms with Gasteiger partial charge in [-0.1, -0.05) is 37.3 Å². The Balaban J connectivity index is 2.03. The molecule has 0 fully saturated rings. The van der Waals surface area contributed by atoms with Crippen LogP contribution in [0.4, 0.5) is 5.69 Å². The van der Waals surface area contributed by atoms with Crippen molar-refractivity contribution in [3.05, 3.63) is 70.5 Å². The van der Waals surface area contributed by atoms with Gasteiger partial charge in [0.2, 0.25) is 0 Å². The van der Waals surface area contributed by atoms with E-state index in [1.807, 2.05) is 43.3 Å². The van der Waals surface area contributed by atoms with E-state index < -0.39 is 23.5 Å². The molecule has 3 amide bonds. The van der Waals surface area contributed by atoms with Crippen LogP contribution in [0, 0.1) is 11.3 Å². The highest BCUT2D eigenvalue weighted by atomic mass is 16.3. The molecule has 2 aromatic carbocycles. The van der Waals surface area contributed by atoms with Crippen LogP contribution >= 0.6 is 0 Å². The second kappa shape index (κ2) is 9.22. The smallest absolute Gasteiger partial charge is 0.276 e. The van der Waals surface area contributed by atoms with Crippen molar-refractivity contribution in [1.29, 1.82) is 5.26 Å². The Kier molecular flexibility index (Phi) is 6.45. The summed E-state index contributed by atoms with van der Waals surface area (Å²) in [6.45, 7) is 1.94.